The molecule has 1 amide bonds. The lowest BCUT2D eigenvalue weighted by Gasteiger charge is -2.29. The van der Waals surface area contributed by atoms with Crippen LogP contribution in [0.5, 0.6) is 11.6 Å². The lowest BCUT2D eigenvalue weighted by atomic mass is 9.94. The third-order valence-electron chi connectivity index (χ3n) is 6.40. The van der Waals surface area contributed by atoms with Gasteiger partial charge >= 0.3 is 0 Å². The number of aromatic amines is 1. The van der Waals surface area contributed by atoms with Gasteiger partial charge in [-0.15, -0.1) is 0 Å². The number of hydrogen-bond acceptors (Lipinski definition) is 5. The maximum Gasteiger partial charge on any atom is 0.217 e. The number of hydrogen-bond donors (Lipinski definition) is 2. The zero-order valence-corrected chi connectivity index (χ0v) is 20.9. The molecule has 1 saturated heterocycles. The van der Waals surface area contributed by atoms with Gasteiger partial charge in [-0.2, -0.15) is 0 Å². The van der Waals surface area contributed by atoms with Gasteiger partial charge < -0.3 is 24.7 Å². The number of rotatable bonds is 6. The van der Waals surface area contributed by atoms with E-state index in [1.54, 1.807) is 18.2 Å². The normalized spacial score (nSPS) is 14.1. The number of nitrogens with zero attached hydrogens (tertiary/aromatic N) is 2. The predicted octanol–water partition coefficient (Wildman–Crippen LogP) is 5.51. The molecule has 1 aliphatic rings. The molecule has 0 bridgehead atoms. The standard InChI is InChI=1S/C28H28F2N4O3/c1-17(35)33-28(2,3)18-4-6-20(7-5-18)37-26-16-25-23(32-26)8-9-24(31-25)27-21(29)14-19(15-22(27)30)34-10-12-36-13-11-34/h4-9,14-16,32H,10-13H2,1-3H3,(H,33,35). The van der Waals surface area contributed by atoms with E-state index in [1.807, 2.05) is 43.0 Å². The largest absolute Gasteiger partial charge is 0.441 e. The van der Waals surface area contributed by atoms with Crippen LogP contribution in [0.3, 0.4) is 0 Å². The van der Waals surface area contributed by atoms with Crippen LogP contribution >= 0.6 is 0 Å². The number of amides is 1. The number of benzene rings is 2. The van der Waals surface area contributed by atoms with Gasteiger partial charge in [0.05, 0.1) is 41.0 Å². The van der Waals surface area contributed by atoms with E-state index < -0.39 is 17.2 Å². The highest BCUT2D eigenvalue weighted by Crippen LogP contribution is 2.32. The van der Waals surface area contributed by atoms with Crippen LogP contribution in [0.15, 0.2) is 54.6 Å². The van der Waals surface area contributed by atoms with E-state index in [9.17, 15) is 4.79 Å². The summed E-state index contributed by atoms with van der Waals surface area (Å²) in [5.74, 6) is -0.407. The van der Waals surface area contributed by atoms with Crippen LogP contribution < -0.4 is 15.0 Å². The van der Waals surface area contributed by atoms with E-state index >= 15 is 8.78 Å². The number of morpholine rings is 1. The van der Waals surface area contributed by atoms with Crippen molar-refractivity contribution in [3.63, 3.8) is 0 Å². The molecule has 0 radical (unpaired) electrons. The van der Waals surface area contributed by atoms with Gasteiger partial charge in [-0.1, -0.05) is 12.1 Å². The molecule has 3 heterocycles. The van der Waals surface area contributed by atoms with Crippen LogP contribution in [0.1, 0.15) is 26.3 Å². The Bertz CT molecular complexity index is 1420. The Balaban J connectivity index is 1.36. The summed E-state index contributed by atoms with van der Waals surface area (Å²) in [6, 6.07) is 15.1. The minimum absolute atomic E-state index is 0.108. The topological polar surface area (TPSA) is 79.5 Å². The first-order valence-electron chi connectivity index (χ1n) is 12.1. The van der Waals surface area contributed by atoms with Gasteiger partial charge in [-0.3, -0.25) is 4.79 Å². The second-order valence-corrected chi connectivity index (χ2v) is 9.58. The van der Waals surface area contributed by atoms with E-state index in [1.165, 1.54) is 19.1 Å². The van der Waals surface area contributed by atoms with Crippen LogP contribution in [-0.2, 0) is 15.1 Å². The van der Waals surface area contributed by atoms with Crippen molar-refractivity contribution < 1.29 is 23.0 Å². The quantitative estimate of drug-likeness (QED) is 0.361. The molecule has 0 saturated carbocycles. The van der Waals surface area contributed by atoms with Gasteiger partial charge in [-0.25, -0.2) is 13.8 Å². The van der Waals surface area contributed by atoms with Crippen molar-refractivity contribution in [1.29, 1.82) is 0 Å². The molecule has 0 unspecified atom stereocenters. The minimum Gasteiger partial charge on any atom is -0.441 e. The molecule has 4 aromatic rings. The number of nitrogens with one attached hydrogen (secondary N) is 2. The van der Waals surface area contributed by atoms with Crippen molar-refractivity contribution in [2.45, 2.75) is 26.3 Å². The second-order valence-electron chi connectivity index (χ2n) is 9.58. The Labute approximate surface area is 213 Å². The number of anilines is 1. The Hall–Kier alpha value is -3.98. The van der Waals surface area contributed by atoms with Crippen LogP contribution in [-0.4, -0.2) is 42.2 Å². The summed E-state index contributed by atoms with van der Waals surface area (Å²) in [6.07, 6.45) is 0. The zero-order chi connectivity index (χ0) is 26.2. The summed E-state index contributed by atoms with van der Waals surface area (Å²) in [5, 5.41) is 2.91. The molecule has 2 aromatic carbocycles. The maximum atomic E-state index is 15.0. The fraction of sp³-hybridized carbons (Fsp3) is 0.286. The first-order chi connectivity index (χ1) is 17.7. The highest BCUT2D eigenvalue weighted by Gasteiger charge is 2.22. The number of fused-ring (bicyclic) bond motifs is 1. The molecule has 0 aliphatic carbocycles. The Morgan fingerprint density at radius 1 is 1.05 bits per heavy atom. The fourth-order valence-corrected chi connectivity index (χ4v) is 4.57. The molecule has 5 rings (SSSR count). The SMILES string of the molecule is CC(=O)NC(C)(C)c1ccc(Oc2cc3nc(-c4c(F)cc(N5CCOCC5)cc4F)ccc3[nH]2)cc1. The van der Waals surface area contributed by atoms with Gasteiger partial charge in [0.1, 0.15) is 17.4 Å². The molecule has 2 N–H and O–H groups in total. The van der Waals surface area contributed by atoms with Gasteiger partial charge in [0, 0.05) is 31.8 Å². The van der Waals surface area contributed by atoms with Crippen molar-refractivity contribution in [2.75, 3.05) is 31.2 Å². The Morgan fingerprint density at radius 2 is 1.73 bits per heavy atom. The smallest absolute Gasteiger partial charge is 0.217 e. The third kappa shape index (κ3) is 5.27. The number of carbonyl (C=O) groups is 1. The molecule has 7 nitrogen and oxygen atoms in total. The second kappa shape index (κ2) is 9.82. The zero-order valence-electron chi connectivity index (χ0n) is 20.9. The van der Waals surface area contributed by atoms with E-state index in [2.05, 4.69) is 15.3 Å². The predicted molar refractivity (Wildman–Crippen MR) is 138 cm³/mol. The summed E-state index contributed by atoms with van der Waals surface area (Å²) in [5.41, 5.74) is 2.14. The van der Waals surface area contributed by atoms with Crippen molar-refractivity contribution >= 4 is 22.6 Å². The summed E-state index contributed by atoms with van der Waals surface area (Å²) in [4.78, 5) is 21.0. The van der Waals surface area contributed by atoms with Gasteiger partial charge in [0.25, 0.3) is 0 Å². The average Bonchev–Trinajstić information content (AvgIpc) is 3.25. The van der Waals surface area contributed by atoms with E-state index in [0.29, 0.717) is 54.7 Å². The first-order valence-corrected chi connectivity index (χ1v) is 12.1. The highest BCUT2D eigenvalue weighted by atomic mass is 19.1. The molecule has 0 spiro atoms. The van der Waals surface area contributed by atoms with Crippen LogP contribution in [0.4, 0.5) is 14.5 Å². The van der Waals surface area contributed by atoms with Gasteiger partial charge in [0.15, 0.2) is 5.88 Å². The monoisotopic (exact) mass is 506 g/mol. The van der Waals surface area contributed by atoms with Crippen molar-refractivity contribution in [3.8, 4) is 22.9 Å². The lowest BCUT2D eigenvalue weighted by molar-refractivity contribution is -0.120. The lowest BCUT2D eigenvalue weighted by Crippen LogP contribution is -2.39. The van der Waals surface area contributed by atoms with Crippen molar-refractivity contribution in [1.82, 2.24) is 15.3 Å². The van der Waals surface area contributed by atoms with Crippen LogP contribution in [0.25, 0.3) is 22.3 Å². The van der Waals surface area contributed by atoms with Crippen molar-refractivity contribution in [2.24, 2.45) is 0 Å². The highest BCUT2D eigenvalue weighted by molar-refractivity contribution is 5.81. The molecule has 37 heavy (non-hydrogen) atoms. The summed E-state index contributed by atoms with van der Waals surface area (Å²) < 4.78 is 41.3. The minimum atomic E-state index is -0.664. The number of carbonyl (C=O) groups excluding carboxylic acids is 1. The molecule has 0 atom stereocenters. The van der Waals surface area contributed by atoms with Crippen molar-refractivity contribution in [3.05, 3.63) is 71.8 Å². The Morgan fingerprint density at radius 3 is 2.38 bits per heavy atom. The summed E-state index contributed by atoms with van der Waals surface area (Å²) >= 11 is 0. The van der Waals surface area contributed by atoms with Gasteiger partial charge in [-0.05, 0) is 55.8 Å². The number of pyridine rings is 1. The number of aromatic nitrogens is 2. The first kappa shape index (κ1) is 24.7. The third-order valence-corrected chi connectivity index (χ3v) is 6.40. The summed E-state index contributed by atoms with van der Waals surface area (Å²) in [6.45, 7) is 7.56. The molecule has 1 fully saturated rings. The molecular formula is C28H28F2N4O3. The van der Waals surface area contributed by atoms with E-state index in [0.717, 1.165) is 5.56 Å². The summed E-state index contributed by atoms with van der Waals surface area (Å²) in [7, 11) is 0. The van der Waals surface area contributed by atoms with E-state index in [4.69, 9.17) is 9.47 Å². The number of halogens is 2. The van der Waals surface area contributed by atoms with Crippen LogP contribution in [0, 0.1) is 11.6 Å². The molecule has 1 aliphatic heterocycles. The molecular weight excluding hydrogens is 478 g/mol. The van der Waals surface area contributed by atoms with Crippen LogP contribution in [0.2, 0.25) is 0 Å². The average molecular weight is 507 g/mol. The molecule has 9 heteroatoms. The number of ether oxygens (including phenoxy) is 2. The Kier molecular flexibility index (Phi) is 6.55. The molecule has 2 aromatic heterocycles. The number of H-pyrrole nitrogens is 1. The fourth-order valence-electron chi connectivity index (χ4n) is 4.57. The van der Waals surface area contributed by atoms with E-state index in [-0.39, 0.29) is 17.2 Å². The maximum absolute atomic E-state index is 15.0. The van der Waals surface area contributed by atoms with Gasteiger partial charge in [0.2, 0.25) is 5.91 Å². The molecule has 192 valence electrons.